The topological polar surface area (TPSA) is 75.7 Å². The molecule has 1 atom stereocenters. The summed E-state index contributed by atoms with van der Waals surface area (Å²) in [5.74, 6) is 0.742. The highest BCUT2D eigenvalue weighted by Crippen LogP contribution is 2.13. The lowest BCUT2D eigenvalue weighted by molar-refractivity contribution is 0.175. The smallest absolute Gasteiger partial charge is 0.119 e. The molecule has 4 heteroatoms. The van der Waals surface area contributed by atoms with E-state index >= 15 is 0 Å². The van der Waals surface area contributed by atoms with Crippen molar-refractivity contribution in [3.8, 4) is 5.75 Å². The van der Waals surface area contributed by atoms with Gasteiger partial charge in [-0.05, 0) is 24.6 Å². The molecule has 4 N–H and O–H groups in total. The molecule has 0 aliphatic heterocycles. The third-order valence-electron chi connectivity index (χ3n) is 2.41. The van der Waals surface area contributed by atoms with Crippen molar-refractivity contribution in [2.24, 2.45) is 5.73 Å². The molecule has 0 aliphatic rings. The number of hydrogen-bond donors (Lipinski definition) is 3. The molecule has 0 fully saturated rings. The van der Waals surface area contributed by atoms with Crippen molar-refractivity contribution in [3.63, 3.8) is 0 Å². The van der Waals surface area contributed by atoms with Crippen LogP contribution >= 0.6 is 0 Å². The average Bonchev–Trinajstić information content (AvgIpc) is 2.30. The third kappa shape index (κ3) is 4.18. The number of nitrogens with two attached hydrogens (primary N) is 1. The molecule has 0 amide bonds. The second-order valence-corrected chi connectivity index (χ2v) is 4.21. The average molecular weight is 225 g/mol. The molecule has 4 nitrogen and oxygen atoms in total. The molecule has 0 aromatic heterocycles. The quantitative estimate of drug-likeness (QED) is 0.664. The van der Waals surface area contributed by atoms with E-state index in [1.165, 1.54) is 0 Å². The van der Waals surface area contributed by atoms with Gasteiger partial charge in [0.15, 0.2) is 0 Å². The Kier molecular flexibility index (Phi) is 4.73. The number of aliphatic hydroxyl groups excluding tert-OH is 2. The van der Waals surface area contributed by atoms with Crippen molar-refractivity contribution in [3.05, 3.63) is 29.8 Å². The van der Waals surface area contributed by atoms with Gasteiger partial charge in [-0.3, -0.25) is 0 Å². The molecular weight excluding hydrogens is 206 g/mol. The number of ether oxygens (including phenoxy) is 1. The first-order valence-electron chi connectivity index (χ1n) is 5.30. The summed E-state index contributed by atoms with van der Waals surface area (Å²) in [7, 11) is 0. The van der Waals surface area contributed by atoms with Crippen LogP contribution in [0.4, 0.5) is 0 Å². The highest BCUT2D eigenvalue weighted by molar-refractivity contribution is 5.26. The lowest BCUT2D eigenvalue weighted by Crippen LogP contribution is -2.41. The molecule has 90 valence electrons. The SMILES string of the molecule is CC(N)(CO)CCOc1ccc(CO)cc1. The van der Waals surface area contributed by atoms with Crippen molar-refractivity contribution < 1.29 is 14.9 Å². The van der Waals surface area contributed by atoms with Gasteiger partial charge in [0.25, 0.3) is 0 Å². The second-order valence-electron chi connectivity index (χ2n) is 4.21. The molecule has 0 spiro atoms. The first kappa shape index (κ1) is 13.0. The van der Waals surface area contributed by atoms with Crippen LogP contribution in [0.1, 0.15) is 18.9 Å². The van der Waals surface area contributed by atoms with Crippen LogP contribution in [0.5, 0.6) is 5.75 Å². The minimum absolute atomic E-state index is 0.0334. The maximum Gasteiger partial charge on any atom is 0.119 e. The summed E-state index contributed by atoms with van der Waals surface area (Å²) >= 11 is 0. The first-order chi connectivity index (χ1) is 7.57. The number of aliphatic hydroxyl groups is 2. The van der Waals surface area contributed by atoms with E-state index in [9.17, 15) is 0 Å². The van der Waals surface area contributed by atoms with Gasteiger partial charge in [-0.2, -0.15) is 0 Å². The van der Waals surface area contributed by atoms with Gasteiger partial charge in [-0.15, -0.1) is 0 Å². The third-order valence-corrected chi connectivity index (χ3v) is 2.41. The molecule has 1 unspecified atom stereocenters. The fourth-order valence-corrected chi connectivity index (χ4v) is 1.17. The summed E-state index contributed by atoms with van der Waals surface area (Å²) in [4.78, 5) is 0. The molecule has 0 saturated carbocycles. The molecule has 0 saturated heterocycles. The maximum absolute atomic E-state index is 8.95. The van der Waals surface area contributed by atoms with Crippen molar-refractivity contribution in [2.75, 3.05) is 13.2 Å². The fraction of sp³-hybridized carbons (Fsp3) is 0.500. The Labute approximate surface area is 95.7 Å². The Morgan fingerprint density at radius 3 is 2.38 bits per heavy atom. The number of benzene rings is 1. The van der Waals surface area contributed by atoms with Gasteiger partial charge in [-0.1, -0.05) is 12.1 Å². The largest absolute Gasteiger partial charge is 0.494 e. The van der Waals surface area contributed by atoms with E-state index in [1.807, 2.05) is 12.1 Å². The zero-order valence-electron chi connectivity index (χ0n) is 9.52. The van der Waals surface area contributed by atoms with E-state index in [1.54, 1.807) is 19.1 Å². The second kappa shape index (κ2) is 5.84. The Hall–Kier alpha value is -1.10. The van der Waals surface area contributed by atoms with Gasteiger partial charge in [-0.25, -0.2) is 0 Å². The Morgan fingerprint density at radius 2 is 1.88 bits per heavy atom. The van der Waals surface area contributed by atoms with Crippen LogP contribution in [0.25, 0.3) is 0 Å². The summed E-state index contributed by atoms with van der Waals surface area (Å²) in [5.41, 5.74) is 6.02. The minimum Gasteiger partial charge on any atom is -0.494 e. The van der Waals surface area contributed by atoms with E-state index in [4.69, 9.17) is 20.7 Å². The first-order valence-corrected chi connectivity index (χ1v) is 5.30. The van der Waals surface area contributed by atoms with Gasteiger partial charge >= 0.3 is 0 Å². The predicted octanol–water partition coefficient (Wildman–Crippen LogP) is 0.657. The van der Waals surface area contributed by atoms with E-state index < -0.39 is 5.54 Å². The van der Waals surface area contributed by atoms with E-state index in [0.29, 0.717) is 13.0 Å². The summed E-state index contributed by atoms with van der Waals surface area (Å²) in [6.45, 7) is 2.22. The van der Waals surface area contributed by atoms with Crippen LogP contribution in [0, 0.1) is 0 Å². The highest BCUT2D eigenvalue weighted by Gasteiger charge is 2.16. The van der Waals surface area contributed by atoms with Crippen LogP contribution in [-0.4, -0.2) is 29.0 Å². The summed E-state index contributed by atoms with van der Waals surface area (Å²) in [5, 5.41) is 17.8. The van der Waals surface area contributed by atoms with E-state index in [2.05, 4.69) is 0 Å². The van der Waals surface area contributed by atoms with Gasteiger partial charge < -0.3 is 20.7 Å². The summed E-state index contributed by atoms with van der Waals surface area (Å²) < 4.78 is 5.47. The monoisotopic (exact) mass is 225 g/mol. The minimum atomic E-state index is -0.592. The van der Waals surface area contributed by atoms with Crippen molar-refractivity contribution in [2.45, 2.75) is 25.5 Å². The zero-order chi connectivity index (χ0) is 12.0. The molecule has 0 heterocycles. The standard InChI is InChI=1S/C12H19NO3/c1-12(13,9-15)6-7-16-11-4-2-10(8-14)3-5-11/h2-5,14-15H,6-9,13H2,1H3. The predicted molar refractivity (Wildman–Crippen MR) is 62.2 cm³/mol. The number of rotatable bonds is 6. The molecular formula is C12H19NO3. The van der Waals surface area contributed by atoms with E-state index in [0.717, 1.165) is 11.3 Å². The van der Waals surface area contributed by atoms with Crippen molar-refractivity contribution >= 4 is 0 Å². The summed E-state index contributed by atoms with van der Waals surface area (Å²) in [6, 6.07) is 7.22. The molecule has 0 aliphatic carbocycles. The maximum atomic E-state index is 8.95. The van der Waals surface area contributed by atoms with Gasteiger partial charge in [0.05, 0.1) is 19.8 Å². The van der Waals surface area contributed by atoms with Crippen LogP contribution in [0.3, 0.4) is 0 Å². The molecule has 0 bridgehead atoms. The van der Waals surface area contributed by atoms with Crippen molar-refractivity contribution in [1.29, 1.82) is 0 Å². The van der Waals surface area contributed by atoms with Gasteiger partial charge in [0, 0.05) is 12.0 Å². The van der Waals surface area contributed by atoms with Crippen LogP contribution in [0.2, 0.25) is 0 Å². The molecule has 1 rings (SSSR count). The molecule has 0 radical (unpaired) electrons. The molecule has 16 heavy (non-hydrogen) atoms. The Bertz CT molecular complexity index is 309. The normalized spacial score (nSPS) is 14.5. The van der Waals surface area contributed by atoms with Crippen molar-refractivity contribution in [1.82, 2.24) is 0 Å². The Balaban J connectivity index is 2.37. The van der Waals surface area contributed by atoms with E-state index in [-0.39, 0.29) is 13.2 Å². The van der Waals surface area contributed by atoms with Crippen LogP contribution in [-0.2, 0) is 6.61 Å². The molecule has 1 aromatic rings. The fourth-order valence-electron chi connectivity index (χ4n) is 1.17. The lowest BCUT2D eigenvalue weighted by Gasteiger charge is -2.21. The Morgan fingerprint density at radius 1 is 1.25 bits per heavy atom. The molecule has 1 aromatic carbocycles. The zero-order valence-corrected chi connectivity index (χ0v) is 9.52. The van der Waals surface area contributed by atoms with Gasteiger partial charge in [0.1, 0.15) is 5.75 Å². The lowest BCUT2D eigenvalue weighted by atomic mass is 10.0. The van der Waals surface area contributed by atoms with Crippen LogP contribution < -0.4 is 10.5 Å². The number of hydrogen-bond acceptors (Lipinski definition) is 4. The van der Waals surface area contributed by atoms with Crippen LogP contribution in [0.15, 0.2) is 24.3 Å². The van der Waals surface area contributed by atoms with Gasteiger partial charge in [0.2, 0.25) is 0 Å². The highest BCUT2D eigenvalue weighted by atomic mass is 16.5. The summed E-state index contributed by atoms with van der Waals surface area (Å²) in [6.07, 6.45) is 0.589.